The van der Waals surface area contributed by atoms with Crippen molar-refractivity contribution in [1.82, 2.24) is 10.3 Å². The first-order valence-corrected chi connectivity index (χ1v) is 12.1. The highest BCUT2D eigenvalue weighted by atomic mass is 32.1. The second-order valence-electron chi connectivity index (χ2n) is 8.48. The van der Waals surface area contributed by atoms with E-state index in [1.807, 2.05) is 48.7 Å². The van der Waals surface area contributed by atoms with Crippen LogP contribution >= 0.6 is 11.3 Å². The summed E-state index contributed by atoms with van der Waals surface area (Å²) < 4.78 is 5.45. The van der Waals surface area contributed by atoms with E-state index in [0.717, 1.165) is 23.4 Å². The average Bonchev–Trinajstić information content (AvgIpc) is 3.39. The Morgan fingerprint density at radius 3 is 2.76 bits per heavy atom. The standard InChI is InChI=1S/C27H25N3O3S/c1-16-24(27(32)30-23-10-3-4-11-28-23)25(17-7-5-8-19(13-17)33-2)26-20(29-16)14-18(15-21(26)31)22-9-6-12-34-22/h3-13,18,25,29H,14-15H2,1-2H3,(H,28,30,32)/t18-,25-/m1/s1. The van der Waals surface area contributed by atoms with Crippen molar-refractivity contribution in [2.45, 2.75) is 31.6 Å². The zero-order valence-electron chi connectivity index (χ0n) is 19.0. The fourth-order valence-electron chi connectivity index (χ4n) is 4.84. The number of carbonyl (C=O) groups excluding carboxylic acids is 2. The number of hydrogen-bond donors (Lipinski definition) is 2. The molecule has 7 heteroatoms. The number of dihydropyridines is 1. The highest BCUT2D eigenvalue weighted by molar-refractivity contribution is 7.10. The van der Waals surface area contributed by atoms with Crippen LogP contribution < -0.4 is 15.4 Å². The zero-order chi connectivity index (χ0) is 23.7. The number of methoxy groups -OCH3 is 1. The number of ether oxygens (including phenoxy) is 1. The molecule has 0 radical (unpaired) electrons. The number of allylic oxidation sites excluding steroid dienone is 3. The molecule has 3 heterocycles. The van der Waals surface area contributed by atoms with Crippen molar-refractivity contribution in [1.29, 1.82) is 0 Å². The van der Waals surface area contributed by atoms with E-state index in [4.69, 9.17) is 4.74 Å². The largest absolute Gasteiger partial charge is 0.497 e. The molecule has 0 saturated carbocycles. The summed E-state index contributed by atoms with van der Waals surface area (Å²) in [7, 11) is 1.61. The molecule has 5 rings (SSSR count). The molecule has 2 aliphatic rings. The van der Waals surface area contributed by atoms with Gasteiger partial charge in [0.25, 0.3) is 5.91 Å². The normalized spacial score (nSPS) is 20.0. The molecule has 3 aromatic rings. The van der Waals surface area contributed by atoms with Crippen LogP contribution in [0.2, 0.25) is 0 Å². The van der Waals surface area contributed by atoms with Gasteiger partial charge in [-0.1, -0.05) is 24.3 Å². The molecule has 1 amide bonds. The van der Waals surface area contributed by atoms with E-state index in [1.54, 1.807) is 36.8 Å². The number of thiophene rings is 1. The zero-order valence-corrected chi connectivity index (χ0v) is 19.8. The van der Waals surface area contributed by atoms with Gasteiger partial charge in [0.2, 0.25) is 0 Å². The molecule has 0 unspecified atom stereocenters. The monoisotopic (exact) mass is 471 g/mol. The molecule has 0 saturated heterocycles. The molecule has 34 heavy (non-hydrogen) atoms. The third-order valence-electron chi connectivity index (χ3n) is 6.35. The molecule has 0 bridgehead atoms. The maximum absolute atomic E-state index is 13.6. The van der Waals surface area contributed by atoms with Crippen LogP contribution in [-0.2, 0) is 9.59 Å². The fourth-order valence-corrected chi connectivity index (χ4v) is 5.67. The van der Waals surface area contributed by atoms with Crippen molar-refractivity contribution in [3.05, 3.63) is 99.2 Å². The second-order valence-corrected chi connectivity index (χ2v) is 9.46. The van der Waals surface area contributed by atoms with E-state index in [2.05, 4.69) is 21.7 Å². The molecule has 2 aromatic heterocycles. The number of carbonyl (C=O) groups is 2. The smallest absolute Gasteiger partial charge is 0.255 e. The van der Waals surface area contributed by atoms with Crippen molar-refractivity contribution in [2.24, 2.45) is 0 Å². The first-order chi connectivity index (χ1) is 16.5. The Bertz CT molecular complexity index is 1300. The molecule has 1 aromatic carbocycles. The number of pyridine rings is 1. The van der Waals surface area contributed by atoms with Crippen LogP contribution in [0.1, 0.15) is 42.0 Å². The van der Waals surface area contributed by atoms with Crippen LogP contribution in [0.15, 0.2) is 88.7 Å². The number of ketones is 1. The maximum Gasteiger partial charge on any atom is 0.255 e. The number of nitrogens with zero attached hydrogens (tertiary/aromatic N) is 1. The number of aromatic nitrogens is 1. The van der Waals surface area contributed by atoms with E-state index >= 15 is 0 Å². The molecule has 1 aliphatic carbocycles. The van der Waals surface area contributed by atoms with Crippen LogP contribution in [0.25, 0.3) is 0 Å². The number of Topliss-reactive ketones (excluding diaryl/α,β-unsaturated/α-hetero) is 1. The predicted molar refractivity (Wildman–Crippen MR) is 133 cm³/mol. The first-order valence-electron chi connectivity index (χ1n) is 11.2. The molecule has 0 spiro atoms. The Morgan fingerprint density at radius 2 is 2.03 bits per heavy atom. The average molecular weight is 472 g/mol. The van der Waals surface area contributed by atoms with Gasteiger partial charge in [0, 0.05) is 51.9 Å². The van der Waals surface area contributed by atoms with Gasteiger partial charge in [-0.2, -0.15) is 0 Å². The SMILES string of the molecule is COc1cccc([C@@H]2C(C(=O)Nc3ccccn3)=C(C)NC3=C2C(=O)C[C@H](c2cccs2)C3)c1. The van der Waals surface area contributed by atoms with E-state index in [9.17, 15) is 9.59 Å². The van der Waals surface area contributed by atoms with Crippen LogP contribution in [0, 0.1) is 0 Å². The summed E-state index contributed by atoms with van der Waals surface area (Å²) in [6, 6.07) is 17.1. The van der Waals surface area contributed by atoms with Gasteiger partial charge in [-0.3, -0.25) is 9.59 Å². The Kier molecular flexibility index (Phi) is 6.02. The molecule has 2 N–H and O–H groups in total. The summed E-state index contributed by atoms with van der Waals surface area (Å²) in [4.78, 5) is 32.6. The Labute approximate surface area is 202 Å². The quantitative estimate of drug-likeness (QED) is 0.538. The van der Waals surface area contributed by atoms with Crippen molar-refractivity contribution in [3.63, 3.8) is 0 Å². The summed E-state index contributed by atoms with van der Waals surface area (Å²) in [5.41, 5.74) is 3.66. The summed E-state index contributed by atoms with van der Waals surface area (Å²) in [5.74, 6) is 0.574. The van der Waals surface area contributed by atoms with Gasteiger partial charge in [0.15, 0.2) is 5.78 Å². The Hall–Kier alpha value is -3.71. The van der Waals surface area contributed by atoms with Crippen LogP contribution in [0.4, 0.5) is 5.82 Å². The minimum absolute atomic E-state index is 0.0654. The van der Waals surface area contributed by atoms with Crippen molar-refractivity contribution in [2.75, 3.05) is 12.4 Å². The van der Waals surface area contributed by atoms with Crippen LogP contribution in [0.5, 0.6) is 5.75 Å². The van der Waals surface area contributed by atoms with E-state index in [1.165, 1.54) is 4.88 Å². The lowest BCUT2D eigenvalue weighted by atomic mass is 9.72. The van der Waals surface area contributed by atoms with E-state index in [0.29, 0.717) is 29.1 Å². The highest BCUT2D eigenvalue weighted by Crippen LogP contribution is 2.46. The lowest BCUT2D eigenvalue weighted by Crippen LogP contribution is -2.37. The van der Waals surface area contributed by atoms with E-state index < -0.39 is 5.92 Å². The number of anilines is 1. The van der Waals surface area contributed by atoms with Crippen LogP contribution in [-0.4, -0.2) is 23.8 Å². The third kappa shape index (κ3) is 4.15. The van der Waals surface area contributed by atoms with Crippen molar-refractivity contribution >= 4 is 28.8 Å². The molecule has 1 aliphatic heterocycles. The number of nitrogens with one attached hydrogen (secondary N) is 2. The summed E-state index contributed by atoms with van der Waals surface area (Å²) in [5, 5.41) is 8.36. The van der Waals surface area contributed by atoms with Gasteiger partial charge in [-0.05, 0) is 54.6 Å². The number of benzene rings is 1. The summed E-state index contributed by atoms with van der Waals surface area (Å²) in [6.07, 6.45) is 2.79. The maximum atomic E-state index is 13.6. The van der Waals surface area contributed by atoms with Crippen molar-refractivity contribution < 1.29 is 14.3 Å². The Morgan fingerprint density at radius 1 is 1.15 bits per heavy atom. The molecular weight excluding hydrogens is 446 g/mol. The topological polar surface area (TPSA) is 80.3 Å². The minimum atomic E-state index is -0.494. The number of rotatable bonds is 5. The fraction of sp³-hybridized carbons (Fsp3) is 0.222. The molecule has 0 fully saturated rings. The van der Waals surface area contributed by atoms with Gasteiger partial charge in [-0.25, -0.2) is 4.98 Å². The number of amides is 1. The van der Waals surface area contributed by atoms with Gasteiger partial charge in [0.05, 0.1) is 7.11 Å². The number of hydrogen-bond acceptors (Lipinski definition) is 6. The molecular formula is C27H25N3O3S. The molecule has 172 valence electrons. The van der Waals surface area contributed by atoms with Gasteiger partial charge >= 0.3 is 0 Å². The lowest BCUT2D eigenvalue weighted by molar-refractivity contribution is -0.116. The van der Waals surface area contributed by atoms with Gasteiger partial charge in [0.1, 0.15) is 11.6 Å². The third-order valence-corrected chi connectivity index (χ3v) is 7.39. The highest BCUT2D eigenvalue weighted by Gasteiger charge is 2.41. The van der Waals surface area contributed by atoms with Crippen LogP contribution in [0.3, 0.4) is 0 Å². The molecule has 2 atom stereocenters. The predicted octanol–water partition coefficient (Wildman–Crippen LogP) is 5.15. The van der Waals surface area contributed by atoms with Gasteiger partial charge in [-0.15, -0.1) is 11.3 Å². The van der Waals surface area contributed by atoms with E-state index in [-0.39, 0.29) is 17.6 Å². The van der Waals surface area contributed by atoms with Gasteiger partial charge < -0.3 is 15.4 Å². The lowest BCUT2D eigenvalue weighted by Gasteiger charge is -2.36. The second kappa shape index (κ2) is 9.27. The van der Waals surface area contributed by atoms with Crippen molar-refractivity contribution in [3.8, 4) is 5.75 Å². The minimum Gasteiger partial charge on any atom is -0.497 e. The summed E-state index contributed by atoms with van der Waals surface area (Å²) in [6.45, 7) is 1.89. The first kappa shape index (κ1) is 22.1. The molecule has 6 nitrogen and oxygen atoms in total. The Balaban J connectivity index is 1.58. The summed E-state index contributed by atoms with van der Waals surface area (Å²) >= 11 is 1.68.